The molecule has 0 atom stereocenters. The second-order valence-electron chi connectivity index (χ2n) is 7.95. The van der Waals surface area contributed by atoms with E-state index < -0.39 is 0 Å². The molecule has 0 spiro atoms. The summed E-state index contributed by atoms with van der Waals surface area (Å²) in [5.41, 5.74) is 8.68. The van der Waals surface area contributed by atoms with Gasteiger partial charge in [0.15, 0.2) is 0 Å². The summed E-state index contributed by atoms with van der Waals surface area (Å²) >= 11 is 0. The highest BCUT2D eigenvalue weighted by Gasteiger charge is 2.25. The highest BCUT2D eigenvalue weighted by Crippen LogP contribution is 2.50. The Bertz CT molecular complexity index is 1320. The zero-order valence-electron chi connectivity index (χ0n) is 17.6. The Hall–Kier alpha value is -3.88. The van der Waals surface area contributed by atoms with Crippen LogP contribution in [-0.4, -0.2) is 9.52 Å². The van der Waals surface area contributed by atoms with E-state index in [0.717, 1.165) is 0 Å². The molecular formula is C30H21NSi. The van der Waals surface area contributed by atoms with Gasteiger partial charge in [0.05, 0.1) is 11.4 Å². The minimum Gasteiger partial charge on any atom is -0.309 e. The minimum atomic E-state index is 0.662. The van der Waals surface area contributed by atoms with Crippen LogP contribution in [0.15, 0.2) is 127 Å². The van der Waals surface area contributed by atoms with Gasteiger partial charge in [-0.1, -0.05) is 114 Å². The van der Waals surface area contributed by atoms with Gasteiger partial charge in [0.2, 0.25) is 0 Å². The van der Waals surface area contributed by atoms with E-state index >= 15 is 0 Å². The number of anilines is 3. The Morgan fingerprint density at radius 1 is 0.375 bits per heavy atom. The molecule has 0 aromatic heterocycles. The Balaban J connectivity index is 1.50. The predicted molar refractivity (Wildman–Crippen MR) is 137 cm³/mol. The molecule has 2 heteroatoms. The zero-order chi connectivity index (χ0) is 21.3. The van der Waals surface area contributed by atoms with Crippen molar-refractivity contribution in [1.82, 2.24) is 0 Å². The van der Waals surface area contributed by atoms with Crippen LogP contribution in [0.2, 0.25) is 0 Å². The second kappa shape index (κ2) is 7.99. The molecule has 1 aliphatic heterocycles. The van der Waals surface area contributed by atoms with Crippen molar-refractivity contribution in [2.45, 2.75) is 0 Å². The third-order valence-corrected chi connectivity index (χ3v) is 7.23. The van der Waals surface area contributed by atoms with E-state index in [4.69, 9.17) is 0 Å². The van der Waals surface area contributed by atoms with Crippen LogP contribution in [0.1, 0.15) is 0 Å². The summed E-state index contributed by atoms with van der Waals surface area (Å²) in [6.07, 6.45) is 0. The first-order valence-electron chi connectivity index (χ1n) is 10.9. The molecule has 0 unspecified atom stereocenters. The Kier molecular flexibility index (Phi) is 4.71. The molecule has 1 heterocycles. The number of benzene rings is 5. The third-order valence-electron chi connectivity index (χ3n) is 5.99. The molecule has 0 N–H and O–H groups in total. The van der Waals surface area contributed by atoms with Crippen molar-refractivity contribution in [1.29, 1.82) is 0 Å². The largest absolute Gasteiger partial charge is 0.309 e. The number of fused-ring (bicyclic) bond motifs is 5. The van der Waals surface area contributed by atoms with E-state index in [1.807, 2.05) is 0 Å². The molecule has 0 saturated carbocycles. The standard InChI is InChI=1S/C30H21NSi/c1-2-10-23(11-3-1)32-24-20-18-22(19-21-24)31-29-16-8-6-14-27(29)25-12-4-5-13-26(25)28-15-7-9-17-30(28)31/h1-21H. The second-order valence-corrected chi connectivity index (χ2v) is 9.36. The molecule has 0 saturated heterocycles. The average Bonchev–Trinajstić information content (AvgIpc) is 2.98. The molecule has 0 fully saturated rings. The number of para-hydroxylation sites is 2. The molecule has 1 aliphatic rings. The molecule has 2 radical (unpaired) electrons. The van der Waals surface area contributed by atoms with Crippen molar-refractivity contribution < 1.29 is 0 Å². The van der Waals surface area contributed by atoms with Gasteiger partial charge < -0.3 is 4.90 Å². The van der Waals surface area contributed by atoms with Gasteiger partial charge >= 0.3 is 0 Å². The SMILES string of the molecule is c1ccc([Si]c2ccc(N3c4ccccc4-c4ccccc4-c4ccccc43)cc2)cc1. The van der Waals surface area contributed by atoms with Crippen LogP contribution < -0.4 is 15.3 Å². The first kappa shape index (κ1) is 18.9. The smallest absolute Gasteiger partial charge is 0.121 e. The van der Waals surface area contributed by atoms with Gasteiger partial charge in [0.25, 0.3) is 0 Å². The molecule has 150 valence electrons. The average molecular weight is 424 g/mol. The third kappa shape index (κ3) is 3.26. The normalized spacial score (nSPS) is 11.8. The van der Waals surface area contributed by atoms with E-state index in [1.54, 1.807) is 0 Å². The number of rotatable bonds is 3. The van der Waals surface area contributed by atoms with Crippen LogP contribution >= 0.6 is 0 Å². The fourth-order valence-corrected chi connectivity index (χ4v) is 5.56. The molecule has 5 aromatic rings. The molecule has 0 bridgehead atoms. The van der Waals surface area contributed by atoms with Gasteiger partial charge in [-0.2, -0.15) is 0 Å². The fraction of sp³-hybridized carbons (Fsp3) is 0. The number of nitrogens with zero attached hydrogens (tertiary/aromatic N) is 1. The fourth-order valence-electron chi connectivity index (χ4n) is 4.54. The van der Waals surface area contributed by atoms with Crippen molar-refractivity contribution in [3.8, 4) is 22.3 Å². The molecule has 0 amide bonds. The molecular weight excluding hydrogens is 402 g/mol. The minimum absolute atomic E-state index is 0.662. The molecule has 1 nitrogen and oxygen atoms in total. The van der Waals surface area contributed by atoms with Gasteiger partial charge in [-0.05, 0) is 35.4 Å². The van der Waals surface area contributed by atoms with E-state index in [-0.39, 0.29) is 0 Å². The van der Waals surface area contributed by atoms with Crippen molar-refractivity contribution in [2.24, 2.45) is 0 Å². The van der Waals surface area contributed by atoms with Crippen molar-refractivity contribution in [2.75, 3.05) is 4.90 Å². The molecule has 32 heavy (non-hydrogen) atoms. The van der Waals surface area contributed by atoms with Crippen molar-refractivity contribution >= 4 is 37.0 Å². The van der Waals surface area contributed by atoms with Gasteiger partial charge in [-0.15, -0.1) is 0 Å². The number of hydrogen-bond acceptors (Lipinski definition) is 1. The lowest BCUT2D eigenvalue weighted by atomic mass is 9.95. The van der Waals surface area contributed by atoms with Crippen LogP contribution in [0, 0.1) is 0 Å². The highest BCUT2D eigenvalue weighted by atomic mass is 28.2. The first-order chi connectivity index (χ1) is 15.9. The van der Waals surface area contributed by atoms with E-state index in [2.05, 4.69) is 132 Å². The molecule has 0 aliphatic carbocycles. The van der Waals surface area contributed by atoms with Gasteiger partial charge in [0.1, 0.15) is 9.52 Å². The summed E-state index contributed by atoms with van der Waals surface area (Å²) in [5.74, 6) is 0. The topological polar surface area (TPSA) is 3.24 Å². The lowest BCUT2D eigenvalue weighted by molar-refractivity contribution is 1.30. The summed E-state index contributed by atoms with van der Waals surface area (Å²) in [6, 6.07) is 45.9. The summed E-state index contributed by atoms with van der Waals surface area (Å²) in [7, 11) is 0.662. The van der Waals surface area contributed by atoms with Crippen LogP contribution in [0.3, 0.4) is 0 Å². The summed E-state index contributed by atoms with van der Waals surface area (Å²) in [5, 5.41) is 2.71. The summed E-state index contributed by atoms with van der Waals surface area (Å²) < 4.78 is 0. The number of hydrogen-bond donors (Lipinski definition) is 0. The van der Waals surface area contributed by atoms with E-state index in [1.165, 1.54) is 49.7 Å². The maximum absolute atomic E-state index is 2.40. The molecule has 6 rings (SSSR count). The maximum Gasteiger partial charge on any atom is 0.121 e. The van der Waals surface area contributed by atoms with Crippen LogP contribution in [0.4, 0.5) is 17.1 Å². The van der Waals surface area contributed by atoms with Crippen molar-refractivity contribution in [3.05, 3.63) is 127 Å². The lowest BCUT2D eigenvalue weighted by Crippen LogP contribution is -2.26. The van der Waals surface area contributed by atoms with Gasteiger partial charge in [0, 0.05) is 16.8 Å². The molecule has 5 aromatic carbocycles. The summed E-state index contributed by atoms with van der Waals surface area (Å²) in [4.78, 5) is 2.40. The summed E-state index contributed by atoms with van der Waals surface area (Å²) in [6.45, 7) is 0. The predicted octanol–water partition coefficient (Wildman–Crippen LogP) is 6.46. The van der Waals surface area contributed by atoms with Crippen LogP contribution in [-0.2, 0) is 0 Å². The van der Waals surface area contributed by atoms with Crippen LogP contribution in [0.25, 0.3) is 22.3 Å². The Morgan fingerprint density at radius 2 is 0.812 bits per heavy atom. The zero-order valence-corrected chi connectivity index (χ0v) is 18.6. The van der Waals surface area contributed by atoms with Crippen molar-refractivity contribution in [3.63, 3.8) is 0 Å². The Morgan fingerprint density at radius 3 is 1.38 bits per heavy atom. The monoisotopic (exact) mass is 423 g/mol. The quantitative estimate of drug-likeness (QED) is 0.295. The highest BCUT2D eigenvalue weighted by molar-refractivity contribution is 6.67. The van der Waals surface area contributed by atoms with Gasteiger partial charge in [-0.25, -0.2) is 0 Å². The first-order valence-corrected chi connectivity index (χ1v) is 11.9. The maximum atomic E-state index is 2.40. The van der Waals surface area contributed by atoms with Gasteiger partial charge in [-0.3, -0.25) is 0 Å². The van der Waals surface area contributed by atoms with E-state index in [9.17, 15) is 0 Å². The lowest BCUT2D eigenvalue weighted by Gasteiger charge is -2.27. The van der Waals surface area contributed by atoms with E-state index in [0.29, 0.717) is 9.52 Å². The van der Waals surface area contributed by atoms with Crippen LogP contribution in [0.5, 0.6) is 0 Å². The Labute approximate surface area is 191 Å².